The largest absolute Gasteiger partial charge is 0.497 e. The van der Waals surface area contributed by atoms with Crippen LogP contribution in [0.4, 0.5) is 0 Å². The molecule has 4 rings (SSSR count). The van der Waals surface area contributed by atoms with E-state index in [0.717, 1.165) is 5.56 Å². The van der Waals surface area contributed by atoms with Crippen molar-refractivity contribution in [3.8, 4) is 17.9 Å². The zero-order valence-corrected chi connectivity index (χ0v) is 12.4. The van der Waals surface area contributed by atoms with Crippen LogP contribution in [0.3, 0.4) is 0 Å². The lowest BCUT2D eigenvalue weighted by atomic mass is 9.94. The van der Waals surface area contributed by atoms with Gasteiger partial charge in [-0.05, 0) is 17.7 Å². The number of amidine groups is 1. The number of hydrogen-bond donors (Lipinski definition) is 1. The van der Waals surface area contributed by atoms with Gasteiger partial charge in [-0.2, -0.15) is 10.5 Å². The van der Waals surface area contributed by atoms with Crippen LogP contribution in [0, 0.1) is 33.5 Å². The highest BCUT2D eigenvalue weighted by Gasteiger charge is 2.94. The SMILES string of the molecule is COc1cccc([C@@H]2[C@@]3(C#N)C(N)=NC4(OCCO4)[C@@]23C#N)c1. The molecule has 0 bridgehead atoms. The van der Waals surface area contributed by atoms with E-state index in [0.29, 0.717) is 19.0 Å². The maximum atomic E-state index is 9.94. The third-order valence-corrected chi connectivity index (χ3v) is 5.03. The van der Waals surface area contributed by atoms with Crippen molar-refractivity contribution >= 4 is 5.84 Å². The van der Waals surface area contributed by atoms with Crippen molar-refractivity contribution in [2.45, 2.75) is 11.8 Å². The Morgan fingerprint density at radius 3 is 2.65 bits per heavy atom. The number of nitrogens with two attached hydrogens (primary N) is 1. The molecule has 116 valence electrons. The van der Waals surface area contributed by atoms with Crippen molar-refractivity contribution < 1.29 is 14.2 Å². The molecule has 1 saturated carbocycles. The Hall–Kier alpha value is -2.61. The van der Waals surface area contributed by atoms with Gasteiger partial charge in [-0.1, -0.05) is 12.1 Å². The Kier molecular flexibility index (Phi) is 2.57. The molecule has 2 heterocycles. The minimum atomic E-state index is -1.49. The molecular formula is C16H14N4O3. The summed E-state index contributed by atoms with van der Waals surface area (Å²) in [5.41, 5.74) is 4.33. The summed E-state index contributed by atoms with van der Waals surface area (Å²) in [5.74, 6) is -1.23. The molecule has 1 aromatic carbocycles. The Balaban J connectivity index is 1.91. The van der Waals surface area contributed by atoms with Crippen LogP contribution in [0.5, 0.6) is 5.75 Å². The molecule has 0 unspecified atom stereocenters. The maximum Gasteiger partial charge on any atom is 0.293 e. The van der Waals surface area contributed by atoms with Gasteiger partial charge < -0.3 is 19.9 Å². The predicted octanol–water partition coefficient (Wildman–Crippen LogP) is 0.884. The van der Waals surface area contributed by atoms with E-state index in [1.54, 1.807) is 19.2 Å². The van der Waals surface area contributed by atoms with Gasteiger partial charge in [0.25, 0.3) is 5.91 Å². The fourth-order valence-corrected chi connectivity index (χ4v) is 4.04. The molecule has 23 heavy (non-hydrogen) atoms. The van der Waals surface area contributed by atoms with Gasteiger partial charge in [0.1, 0.15) is 17.0 Å². The van der Waals surface area contributed by atoms with Gasteiger partial charge in [0.2, 0.25) is 0 Å². The Morgan fingerprint density at radius 2 is 2.04 bits per heavy atom. The quantitative estimate of drug-likeness (QED) is 0.867. The zero-order chi connectivity index (χ0) is 16.3. The summed E-state index contributed by atoms with van der Waals surface area (Å²) >= 11 is 0. The van der Waals surface area contributed by atoms with Crippen molar-refractivity contribution in [3.05, 3.63) is 29.8 Å². The molecule has 2 fully saturated rings. The molecule has 7 heteroatoms. The van der Waals surface area contributed by atoms with Crippen LogP contribution in [-0.2, 0) is 9.47 Å². The van der Waals surface area contributed by atoms with E-state index in [-0.39, 0.29) is 5.84 Å². The number of nitriles is 2. The number of nitrogens with zero attached hydrogens (tertiary/aromatic N) is 3. The second-order valence-electron chi connectivity index (χ2n) is 5.83. The first kappa shape index (κ1) is 14.0. The standard InChI is InChI=1S/C16H14N4O3/c1-21-11-4-2-3-10(7-11)12-14(8-17)13(19)20-16(15(12,14)9-18)22-5-6-23-16/h2-4,7,12H,5-6H2,1H3,(H2,19,20)/t12-,14+,15+/m1/s1. The summed E-state index contributed by atoms with van der Waals surface area (Å²) in [4.78, 5) is 4.23. The first-order chi connectivity index (χ1) is 11.1. The lowest BCUT2D eigenvalue weighted by Crippen LogP contribution is -2.38. The van der Waals surface area contributed by atoms with E-state index in [1.165, 1.54) is 0 Å². The third-order valence-electron chi connectivity index (χ3n) is 5.03. The lowest BCUT2D eigenvalue weighted by Gasteiger charge is -2.25. The number of benzene rings is 1. The van der Waals surface area contributed by atoms with Crippen molar-refractivity contribution in [1.29, 1.82) is 10.5 Å². The Morgan fingerprint density at radius 1 is 1.30 bits per heavy atom. The topological polar surface area (TPSA) is 114 Å². The van der Waals surface area contributed by atoms with Crippen LogP contribution in [0.15, 0.2) is 29.3 Å². The molecule has 0 amide bonds. The lowest BCUT2D eigenvalue weighted by molar-refractivity contribution is -0.184. The van der Waals surface area contributed by atoms with E-state index in [2.05, 4.69) is 17.1 Å². The van der Waals surface area contributed by atoms with Crippen LogP contribution in [0.2, 0.25) is 0 Å². The molecule has 1 saturated heterocycles. The van der Waals surface area contributed by atoms with Crippen LogP contribution >= 0.6 is 0 Å². The van der Waals surface area contributed by atoms with E-state index >= 15 is 0 Å². The van der Waals surface area contributed by atoms with Gasteiger partial charge in [0.15, 0.2) is 5.41 Å². The first-order valence-corrected chi connectivity index (χ1v) is 7.22. The fraction of sp³-hybridized carbons (Fsp3) is 0.438. The number of hydrogen-bond acceptors (Lipinski definition) is 7. The molecule has 3 aliphatic rings. The van der Waals surface area contributed by atoms with Gasteiger partial charge >= 0.3 is 0 Å². The van der Waals surface area contributed by atoms with Gasteiger partial charge in [-0.25, -0.2) is 4.99 Å². The zero-order valence-electron chi connectivity index (χ0n) is 12.4. The second kappa shape index (κ2) is 4.23. The van der Waals surface area contributed by atoms with Crippen molar-refractivity contribution in [2.24, 2.45) is 21.6 Å². The molecule has 0 aromatic heterocycles. The monoisotopic (exact) mass is 310 g/mol. The highest BCUT2D eigenvalue weighted by atomic mass is 16.8. The van der Waals surface area contributed by atoms with Crippen LogP contribution < -0.4 is 10.5 Å². The number of rotatable bonds is 2. The second-order valence-corrected chi connectivity index (χ2v) is 5.83. The highest BCUT2D eigenvalue weighted by molar-refractivity contribution is 6.00. The van der Waals surface area contributed by atoms with E-state index in [9.17, 15) is 10.5 Å². The fourth-order valence-electron chi connectivity index (χ4n) is 4.04. The smallest absolute Gasteiger partial charge is 0.293 e. The average Bonchev–Trinajstić information content (AvgIpc) is 2.84. The minimum Gasteiger partial charge on any atom is -0.497 e. The van der Waals surface area contributed by atoms with E-state index in [4.69, 9.17) is 19.9 Å². The van der Waals surface area contributed by atoms with Gasteiger partial charge in [0, 0.05) is 5.92 Å². The van der Waals surface area contributed by atoms with E-state index in [1.807, 2.05) is 12.1 Å². The van der Waals surface area contributed by atoms with Crippen LogP contribution in [0.1, 0.15) is 11.5 Å². The summed E-state index contributed by atoms with van der Waals surface area (Å²) in [7, 11) is 1.56. The number of methoxy groups -OCH3 is 1. The first-order valence-electron chi connectivity index (χ1n) is 7.22. The molecule has 1 spiro atoms. The average molecular weight is 310 g/mol. The summed E-state index contributed by atoms with van der Waals surface area (Å²) < 4.78 is 16.6. The van der Waals surface area contributed by atoms with Gasteiger partial charge in [-0.3, -0.25) is 0 Å². The number of ether oxygens (including phenoxy) is 3. The van der Waals surface area contributed by atoms with Gasteiger partial charge in [0.05, 0.1) is 32.5 Å². The predicted molar refractivity (Wildman–Crippen MR) is 78.1 cm³/mol. The molecule has 7 nitrogen and oxygen atoms in total. The summed E-state index contributed by atoms with van der Waals surface area (Å²) in [5, 5.41) is 19.8. The maximum absolute atomic E-state index is 9.94. The highest BCUT2D eigenvalue weighted by Crippen LogP contribution is 2.82. The minimum absolute atomic E-state index is 0.0938. The molecule has 1 aliphatic carbocycles. The van der Waals surface area contributed by atoms with Crippen LogP contribution in [0.25, 0.3) is 0 Å². The van der Waals surface area contributed by atoms with E-state index < -0.39 is 22.7 Å². The summed E-state index contributed by atoms with van der Waals surface area (Å²) in [6, 6.07) is 11.7. The normalized spacial score (nSPS) is 36.0. The summed E-state index contributed by atoms with van der Waals surface area (Å²) in [6.07, 6.45) is 0. The number of aliphatic imine (C=N–C) groups is 1. The molecule has 0 radical (unpaired) electrons. The van der Waals surface area contributed by atoms with Crippen LogP contribution in [-0.4, -0.2) is 32.1 Å². The Labute approximate surface area is 132 Å². The van der Waals surface area contributed by atoms with Crippen molar-refractivity contribution in [2.75, 3.05) is 20.3 Å². The molecular weight excluding hydrogens is 296 g/mol. The van der Waals surface area contributed by atoms with Crippen molar-refractivity contribution in [1.82, 2.24) is 0 Å². The molecule has 2 aliphatic heterocycles. The molecule has 1 aromatic rings. The molecule has 2 N–H and O–H groups in total. The Bertz CT molecular complexity index is 802. The number of fused-ring (bicyclic) bond motifs is 2. The van der Waals surface area contributed by atoms with Gasteiger partial charge in [-0.15, -0.1) is 0 Å². The van der Waals surface area contributed by atoms with Crippen molar-refractivity contribution in [3.63, 3.8) is 0 Å². The molecule has 3 atom stereocenters. The summed E-state index contributed by atoms with van der Waals surface area (Å²) in [6.45, 7) is 0.624. The third kappa shape index (κ3) is 1.29.